The van der Waals surface area contributed by atoms with Gasteiger partial charge in [0.25, 0.3) is 0 Å². The smallest absolute Gasteiger partial charge is 0.338 e. The van der Waals surface area contributed by atoms with Gasteiger partial charge in [0.05, 0.1) is 12.2 Å². The van der Waals surface area contributed by atoms with Crippen LogP contribution in [0.25, 0.3) is 0 Å². The molecule has 0 aliphatic heterocycles. The minimum atomic E-state index is -0.275. The van der Waals surface area contributed by atoms with Gasteiger partial charge in [-0.1, -0.05) is 44.4 Å². The summed E-state index contributed by atoms with van der Waals surface area (Å²) >= 11 is 0. The van der Waals surface area contributed by atoms with Gasteiger partial charge in [0, 0.05) is 12.0 Å². The molecule has 0 saturated carbocycles. The number of ether oxygens (including phenoxy) is 1. The van der Waals surface area contributed by atoms with Gasteiger partial charge in [-0.25, -0.2) is 4.79 Å². The summed E-state index contributed by atoms with van der Waals surface area (Å²) in [5.41, 5.74) is 1.53. The fraction of sp³-hybridized carbons (Fsp3) is 0.500. The molecule has 0 radical (unpaired) electrons. The second-order valence-electron chi connectivity index (χ2n) is 4.76. The summed E-state index contributed by atoms with van der Waals surface area (Å²) in [5.74, 6) is 6.04. The standard InChI is InChI=1S/C18H24O2/c1-3-5-6-7-8-9-10-11-16-12-14-17(15-13-16)18(19)20-4-2/h12-15H,3-9H2,1-2H3. The fourth-order valence-corrected chi connectivity index (χ4v) is 1.89. The predicted octanol–water partition coefficient (Wildman–Crippen LogP) is 4.58. The van der Waals surface area contributed by atoms with Crippen molar-refractivity contribution in [1.82, 2.24) is 0 Å². The lowest BCUT2D eigenvalue weighted by molar-refractivity contribution is 0.0526. The first-order chi connectivity index (χ1) is 9.77. The molecule has 108 valence electrons. The first kappa shape index (κ1) is 16.3. The highest BCUT2D eigenvalue weighted by Gasteiger charge is 2.04. The molecule has 0 N–H and O–H groups in total. The molecular weight excluding hydrogens is 248 g/mol. The molecule has 0 unspecified atom stereocenters. The molecule has 1 aromatic rings. The van der Waals surface area contributed by atoms with E-state index in [9.17, 15) is 4.79 Å². The number of carbonyl (C=O) groups is 1. The lowest BCUT2D eigenvalue weighted by Gasteiger charge is -2.00. The minimum absolute atomic E-state index is 0.275. The predicted molar refractivity (Wildman–Crippen MR) is 82.7 cm³/mol. The molecule has 0 fully saturated rings. The summed E-state index contributed by atoms with van der Waals surface area (Å²) in [7, 11) is 0. The normalized spacial score (nSPS) is 9.70. The SMILES string of the molecule is CCCCCCCC#Cc1ccc(C(=O)OCC)cc1. The third-order valence-corrected chi connectivity index (χ3v) is 3.03. The molecule has 0 aliphatic rings. The van der Waals surface area contributed by atoms with E-state index in [1.807, 2.05) is 12.1 Å². The molecule has 0 aliphatic carbocycles. The van der Waals surface area contributed by atoms with Crippen LogP contribution in [0.15, 0.2) is 24.3 Å². The van der Waals surface area contributed by atoms with Crippen molar-refractivity contribution >= 4 is 5.97 Å². The van der Waals surface area contributed by atoms with Crippen LogP contribution in [0.4, 0.5) is 0 Å². The highest BCUT2D eigenvalue weighted by molar-refractivity contribution is 5.89. The van der Waals surface area contributed by atoms with Crippen LogP contribution in [0.2, 0.25) is 0 Å². The lowest BCUT2D eigenvalue weighted by atomic mass is 10.1. The Balaban J connectivity index is 2.36. The Morgan fingerprint density at radius 2 is 1.75 bits per heavy atom. The van der Waals surface area contributed by atoms with Crippen LogP contribution in [0.1, 0.15) is 68.3 Å². The zero-order valence-corrected chi connectivity index (χ0v) is 12.6. The third-order valence-electron chi connectivity index (χ3n) is 3.03. The van der Waals surface area contributed by atoms with Crippen molar-refractivity contribution in [2.24, 2.45) is 0 Å². The Bertz CT molecular complexity index is 449. The second-order valence-corrected chi connectivity index (χ2v) is 4.76. The van der Waals surface area contributed by atoms with Gasteiger partial charge >= 0.3 is 5.97 Å². The molecule has 20 heavy (non-hydrogen) atoms. The van der Waals surface area contributed by atoms with Gasteiger partial charge in [-0.2, -0.15) is 0 Å². The van der Waals surface area contributed by atoms with Gasteiger partial charge in [-0.05, 0) is 37.6 Å². The van der Waals surface area contributed by atoms with E-state index in [2.05, 4.69) is 18.8 Å². The van der Waals surface area contributed by atoms with E-state index >= 15 is 0 Å². The van der Waals surface area contributed by atoms with Crippen molar-refractivity contribution in [3.8, 4) is 11.8 Å². The van der Waals surface area contributed by atoms with E-state index in [1.54, 1.807) is 19.1 Å². The van der Waals surface area contributed by atoms with E-state index < -0.39 is 0 Å². The molecular formula is C18H24O2. The quantitative estimate of drug-likeness (QED) is 0.413. The Morgan fingerprint density at radius 1 is 1.05 bits per heavy atom. The first-order valence-electron chi connectivity index (χ1n) is 7.54. The fourth-order valence-electron chi connectivity index (χ4n) is 1.89. The van der Waals surface area contributed by atoms with Crippen LogP contribution in [-0.2, 0) is 4.74 Å². The third kappa shape index (κ3) is 6.43. The molecule has 1 aromatic carbocycles. The van der Waals surface area contributed by atoms with Crippen LogP contribution < -0.4 is 0 Å². The largest absolute Gasteiger partial charge is 0.462 e. The van der Waals surface area contributed by atoms with Gasteiger partial charge in [0.15, 0.2) is 0 Å². The number of esters is 1. The monoisotopic (exact) mass is 272 g/mol. The van der Waals surface area contributed by atoms with Gasteiger partial charge in [0.2, 0.25) is 0 Å². The Labute approximate surface area is 122 Å². The number of carbonyl (C=O) groups excluding carboxylic acids is 1. The Hall–Kier alpha value is -1.75. The molecule has 0 saturated heterocycles. The second kappa shape index (κ2) is 10.1. The number of hydrogen-bond acceptors (Lipinski definition) is 2. The van der Waals surface area contributed by atoms with Crippen LogP contribution in [0, 0.1) is 11.8 Å². The Morgan fingerprint density at radius 3 is 2.40 bits per heavy atom. The average Bonchev–Trinajstić information content (AvgIpc) is 2.47. The van der Waals surface area contributed by atoms with Gasteiger partial charge in [-0.3, -0.25) is 0 Å². The zero-order valence-electron chi connectivity index (χ0n) is 12.6. The summed E-state index contributed by atoms with van der Waals surface area (Å²) in [6.45, 7) is 4.43. The van der Waals surface area contributed by atoms with Crippen molar-refractivity contribution in [3.63, 3.8) is 0 Å². The summed E-state index contributed by atoms with van der Waals surface area (Å²) in [6.07, 6.45) is 7.30. The van der Waals surface area contributed by atoms with Crippen molar-refractivity contribution in [2.75, 3.05) is 6.61 Å². The zero-order chi connectivity index (χ0) is 14.6. The highest BCUT2D eigenvalue weighted by Crippen LogP contribution is 2.06. The van der Waals surface area contributed by atoms with E-state index in [4.69, 9.17) is 4.74 Å². The van der Waals surface area contributed by atoms with Crippen molar-refractivity contribution < 1.29 is 9.53 Å². The van der Waals surface area contributed by atoms with E-state index in [-0.39, 0.29) is 5.97 Å². The van der Waals surface area contributed by atoms with Crippen LogP contribution in [0.5, 0.6) is 0 Å². The van der Waals surface area contributed by atoms with Crippen LogP contribution >= 0.6 is 0 Å². The minimum Gasteiger partial charge on any atom is -0.462 e. The maximum Gasteiger partial charge on any atom is 0.338 e. The Kier molecular flexibility index (Phi) is 8.22. The van der Waals surface area contributed by atoms with Crippen molar-refractivity contribution in [2.45, 2.75) is 52.4 Å². The summed E-state index contributed by atoms with van der Waals surface area (Å²) < 4.78 is 4.94. The van der Waals surface area contributed by atoms with E-state index in [0.717, 1.165) is 12.0 Å². The molecule has 0 bridgehead atoms. The van der Waals surface area contributed by atoms with Crippen LogP contribution in [0.3, 0.4) is 0 Å². The maximum absolute atomic E-state index is 11.5. The molecule has 2 heteroatoms. The molecule has 0 amide bonds. The summed E-state index contributed by atoms with van der Waals surface area (Å²) in [5, 5.41) is 0. The summed E-state index contributed by atoms with van der Waals surface area (Å²) in [4.78, 5) is 11.5. The molecule has 0 aromatic heterocycles. The number of unbranched alkanes of at least 4 members (excludes halogenated alkanes) is 5. The van der Waals surface area contributed by atoms with Crippen molar-refractivity contribution in [1.29, 1.82) is 0 Å². The van der Waals surface area contributed by atoms with Crippen LogP contribution in [-0.4, -0.2) is 12.6 Å². The van der Waals surface area contributed by atoms with Gasteiger partial charge in [0.1, 0.15) is 0 Å². The summed E-state index contributed by atoms with van der Waals surface area (Å²) in [6, 6.07) is 7.28. The molecule has 0 spiro atoms. The number of hydrogen-bond donors (Lipinski definition) is 0. The van der Waals surface area contributed by atoms with E-state index in [0.29, 0.717) is 12.2 Å². The topological polar surface area (TPSA) is 26.3 Å². The van der Waals surface area contributed by atoms with E-state index in [1.165, 1.54) is 32.1 Å². The molecule has 0 atom stereocenters. The molecule has 0 heterocycles. The van der Waals surface area contributed by atoms with Gasteiger partial charge < -0.3 is 4.74 Å². The maximum atomic E-state index is 11.5. The van der Waals surface area contributed by atoms with Crippen molar-refractivity contribution in [3.05, 3.63) is 35.4 Å². The molecule has 1 rings (SSSR count). The number of rotatable bonds is 7. The first-order valence-corrected chi connectivity index (χ1v) is 7.54. The number of benzene rings is 1. The molecule has 2 nitrogen and oxygen atoms in total. The highest BCUT2D eigenvalue weighted by atomic mass is 16.5. The average molecular weight is 272 g/mol. The van der Waals surface area contributed by atoms with Gasteiger partial charge in [-0.15, -0.1) is 0 Å². The lowest BCUT2D eigenvalue weighted by Crippen LogP contribution is -2.04.